The smallest absolute Gasteiger partial charge is 0.0566 e. The second-order valence-electron chi connectivity index (χ2n) is 5.59. The standard InChI is InChI=1S/C15H23ClN2O/c1-11-8-14(6-7-19-11)17-13-4-5-15(16)12(9-13)10-18(2)3/h4-5,9,11,14,17H,6-8,10H2,1-3H3/t11-,14-/m0/s1. The van der Waals surface area contributed by atoms with Gasteiger partial charge in [0.25, 0.3) is 0 Å². The van der Waals surface area contributed by atoms with Gasteiger partial charge < -0.3 is 15.0 Å². The topological polar surface area (TPSA) is 24.5 Å². The minimum Gasteiger partial charge on any atom is -0.382 e. The van der Waals surface area contributed by atoms with E-state index < -0.39 is 0 Å². The molecule has 0 saturated carbocycles. The first kappa shape index (κ1) is 14.6. The van der Waals surface area contributed by atoms with Gasteiger partial charge in [0, 0.05) is 29.9 Å². The van der Waals surface area contributed by atoms with Crippen LogP contribution < -0.4 is 5.32 Å². The molecule has 4 heteroatoms. The van der Waals surface area contributed by atoms with Gasteiger partial charge in [-0.25, -0.2) is 0 Å². The van der Waals surface area contributed by atoms with Crippen molar-refractivity contribution >= 4 is 17.3 Å². The molecule has 1 aliphatic rings. The second-order valence-corrected chi connectivity index (χ2v) is 6.00. The average Bonchev–Trinajstić information content (AvgIpc) is 2.33. The summed E-state index contributed by atoms with van der Waals surface area (Å²) in [5.74, 6) is 0. The predicted molar refractivity (Wildman–Crippen MR) is 80.9 cm³/mol. The molecule has 0 unspecified atom stereocenters. The van der Waals surface area contributed by atoms with Gasteiger partial charge in [-0.1, -0.05) is 11.6 Å². The molecular formula is C15H23ClN2O. The van der Waals surface area contributed by atoms with Crippen LogP contribution in [-0.2, 0) is 11.3 Å². The lowest BCUT2D eigenvalue weighted by atomic mass is 10.0. The van der Waals surface area contributed by atoms with E-state index in [-0.39, 0.29) is 0 Å². The zero-order valence-electron chi connectivity index (χ0n) is 11.9. The van der Waals surface area contributed by atoms with Gasteiger partial charge in [-0.05, 0) is 57.6 Å². The lowest BCUT2D eigenvalue weighted by Crippen LogP contribution is -2.32. The van der Waals surface area contributed by atoms with Gasteiger partial charge in [0.1, 0.15) is 0 Å². The highest BCUT2D eigenvalue weighted by atomic mass is 35.5. The maximum absolute atomic E-state index is 6.23. The molecule has 0 spiro atoms. The number of rotatable bonds is 4. The molecule has 1 saturated heterocycles. The van der Waals surface area contributed by atoms with Crippen LogP contribution in [0.3, 0.4) is 0 Å². The first-order chi connectivity index (χ1) is 9.04. The van der Waals surface area contributed by atoms with E-state index in [0.29, 0.717) is 12.1 Å². The maximum atomic E-state index is 6.23. The fourth-order valence-electron chi connectivity index (χ4n) is 2.49. The van der Waals surface area contributed by atoms with E-state index in [0.717, 1.165) is 42.3 Å². The van der Waals surface area contributed by atoms with Crippen molar-refractivity contribution in [2.24, 2.45) is 0 Å². The van der Waals surface area contributed by atoms with Crippen LogP contribution in [0.4, 0.5) is 5.69 Å². The summed E-state index contributed by atoms with van der Waals surface area (Å²) in [5.41, 5.74) is 2.32. The number of hydrogen-bond acceptors (Lipinski definition) is 3. The highest BCUT2D eigenvalue weighted by Crippen LogP contribution is 2.24. The molecule has 3 nitrogen and oxygen atoms in total. The molecule has 0 bridgehead atoms. The second kappa shape index (κ2) is 6.60. The van der Waals surface area contributed by atoms with Gasteiger partial charge in [0.2, 0.25) is 0 Å². The molecule has 1 aliphatic heterocycles. The number of nitrogens with zero attached hydrogens (tertiary/aromatic N) is 1. The van der Waals surface area contributed by atoms with E-state index in [9.17, 15) is 0 Å². The van der Waals surface area contributed by atoms with Gasteiger partial charge in [-0.3, -0.25) is 0 Å². The minimum absolute atomic E-state index is 0.347. The summed E-state index contributed by atoms with van der Waals surface area (Å²) in [5, 5.41) is 4.43. The Kier molecular flexibility index (Phi) is 5.08. The van der Waals surface area contributed by atoms with Crippen molar-refractivity contribution in [2.75, 3.05) is 26.0 Å². The fourth-order valence-corrected chi connectivity index (χ4v) is 2.67. The number of halogens is 1. The van der Waals surface area contributed by atoms with Crippen LogP contribution in [0.5, 0.6) is 0 Å². The zero-order valence-corrected chi connectivity index (χ0v) is 12.7. The van der Waals surface area contributed by atoms with Crippen molar-refractivity contribution in [3.05, 3.63) is 28.8 Å². The Bertz CT molecular complexity index is 423. The van der Waals surface area contributed by atoms with Crippen molar-refractivity contribution in [3.8, 4) is 0 Å². The number of ether oxygens (including phenoxy) is 1. The number of nitrogens with one attached hydrogen (secondary N) is 1. The largest absolute Gasteiger partial charge is 0.382 e. The Morgan fingerprint density at radius 1 is 1.42 bits per heavy atom. The molecule has 1 fully saturated rings. The molecule has 1 aromatic rings. The van der Waals surface area contributed by atoms with Crippen LogP contribution in [0.25, 0.3) is 0 Å². The molecule has 0 aromatic heterocycles. The summed E-state index contributed by atoms with van der Waals surface area (Å²) in [6, 6.07) is 6.69. The molecule has 1 aromatic carbocycles. The molecule has 0 amide bonds. The first-order valence-corrected chi connectivity index (χ1v) is 7.23. The molecule has 0 aliphatic carbocycles. The quantitative estimate of drug-likeness (QED) is 0.916. The third kappa shape index (κ3) is 4.37. The summed E-state index contributed by atoms with van der Waals surface area (Å²) in [6.45, 7) is 3.84. The van der Waals surface area contributed by atoms with Crippen molar-refractivity contribution in [3.63, 3.8) is 0 Å². The summed E-state index contributed by atoms with van der Waals surface area (Å²) < 4.78 is 5.57. The lowest BCUT2D eigenvalue weighted by molar-refractivity contribution is 0.0232. The number of anilines is 1. The number of hydrogen-bond donors (Lipinski definition) is 1. The van der Waals surface area contributed by atoms with Gasteiger partial charge in [-0.2, -0.15) is 0 Å². The van der Waals surface area contributed by atoms with Crippen LogP contribution in [0.15, 0.2) is 18.2 Å². The predicted octanol–water partition coefficient (Wildman–Crippen LogP) is 3.38. The Labute approximate surface area is 120 Å². The summed E-state index contributed by atoms with van der Waals surface area (Å²) in [4.78, 5) is 2.13. The molecule has 106 valence electrons. The van der Waals surface area contributed by atoms with Crippen LogP contribution in [-0.4, -0.2) is 37.7 Å². The molecule has 2 rings (SSSR count). The first-order valence-electron chi connectivity index (χ1n) is 6.86. The zero-order chi connectivity index (χ0) is 13.8. The van der Waals surface area contributed by atoms with Crippen molar-refractivity contribution in [1.82, 2.24) is 4.90 Å². The van der Waals surface area contributed by atoms with E-state index in [1.54, 1.807) is 0 Å². The van der Waals surface area contributed by atoms with E-state index in [4.69, 9.17) is 16.3 Å². The minimum atomic E-state index is 0.347. The molecule has 1 N–H and O–H groups in total. The van der Waals surface area contributed by atoms with Gasteiger partial charge in [-0.15, -0.1) is 0 Å². The van der Waals surface area contributed by atoms with Crippen molar-refractivity contribution in [1.29, 1.82) is 0 Å². The molecule has 19 heavy (non-hydrogen) atoms. The highest BCUT2D eigenvalue weighted by molar-refractivity contribution is 6.31. The van der Waals surface area contributed by atoms with Gasteiger partial charge >= 0.3 is 0 Å². The molecule has 1 heterocycles. The summed E-state index contributed by atoms with van der Waals surface area (Å²) in [7, 11) is 4.10. The third-order valence-electron chi connectivity index (χ3n) is 3.39. The third-order valence-corrected chi connectivity index (χ3v) is 3.76. The Morgan fingerprint density at radius 3 is 2.89 bits per heavy atom. The van der Waals surface area contributed by atoms with Crippen molar-refractivity contribution in [2.45, 2.75) is 38.5 Å². The molecular weight excluding hydrogens is 260 g/mol. The summed E-state index contributed by atoms with van der Waals surface area (Å²) >= 11 is 6.23. The fraction of sp³-hybridized carbons (Fsp3) is 0.600. The SMILES string of the molecule is C[C@H]1C[C@@H](Nc2ccc(Cl)c(CN(C)C)c2)CCO1. The van der Waals surface area contributed by atoms with Gasteiger partial charge in [0.15, 0.2) is 0 Å². The number of benzene rings is 1. The lowest BCUT2D eigenvalue weighted by Gasteiger charge is -2.29. The van der Waals surface area contributed by atoms with E-state index >= 15 is 0 Å². The van der Waals surface area contributed by atoms with E-state index in [1.165, 1.54) is 0 Å². The Morgan fingerprint density at radius 2 is 2.21 bits per heavy atom. The highest BCUT2D eigenvalue weighted by Gasteiger charge is 2.19. The van der Waals surface area contributed by atoms with Crippen LogP contribution >= 0.6 is 11.6 Å². The maximum Gasteiger partial charge on any atom is 0.0566 e. The van der Waals surface area contributed by atoms with E-state index in [1.807, 2.05) is 6.07 Å². The van der Waals surface area contributed by atoms with Crippen LogP contribution in [0.2, 0.25) is 5.02 Å². The monoisotopic (exact) mass is 282 g/mol. The van der Waals surface area contributed by atoms with E-state index in [2.05, 4.69) is 43.4 Å². The van der Waals surface area contributed by atoms with Crippen molar-refractivity contribution < 1.29 is 4.74 Å². The Hall–Kier alpha value is -0.770. The van der Waals surface area contributed by atoms with Crippen LogP contribution in [0, 0.1) is 0 Å². The normalized spacial score (nSPS) is 23.6. The summed E-state index contributed by atoms with van der Waals surface area (Å²) in [6.07, 6.45) is 2.47. The molecule has 0 radical (unpaired) electrons. The van der Waals surface area contributed by atoms with Crippen LogP contribution in [0.1, 0.15) is 25.3 Å². The van der Waals surface area contributed by atoms with Gasteiger partial charge in [0.05, 0.1) is 6.10 Å². The molecule has 2 atom stereocenters. The Balaban J connectivity index is 2.03. The average molecular weight is 283 g/mol.